The molecule has 84 valence electrons. The fourth-order valence-corrected chi connectivity index (χ4v) is 0.414. The van der Waals surface area contributed by atoms with Gasteiger partial charge in [0.1, 0.15) is 20.4 Å². The second-order valence-electron chi connectivity index (χ2n) is 1.29. The number of rotatable bonds is 0. The van der Waals surface area contributed by atoms with Gasteiger partial charge < -0.3 is 22.9 Å². The fourth-order valence-electron chi connectivity index (χ4n) is 0.414. The molecule has 4 heteroatoms. The zero-order valence-corrected chi connectivity index (χ0v) is 10.2. The molecule has 13 heavy (non-hydrogen) atoms. The van der Waals surface area contributed by atoms with E-state index >= 15 is 0 Å². The molecule has 0 aliphatic heterocycles. The molecule has 0 aromatic carbocycles. The van der Waals surface area contributed by atoms with Crippen LogP contribution in [0.1, 0.15) is 8.56 Å². The van der Waals surface area contributed by atoms with Crippen molar-refractivity contribution in [3.63, 3.8) is 0 Å². The van der Waals surface area contributed by atoms with Gasteiger partial charge in [-0.15, -0.1) is 0 Å². The van der Waals surface area contributed by atoms with Crippen molar-refractivity contribution in [3.8, 4) is 0 Å². The first kappa shape index (κ1) is 22.7. The Kier molecular flexibility index (Phi) is 53.5. The van der Waals surface area contributed by atoms with Crippen molar-refractivity contribution >= 4 is 20.4 Å². The summed E-state index contributed by atoms with van der Waals surface area (Å²) in [4.78, 5) is 24.0. The Morgan fingerprint density at radius 2 is 1.08 bits per heavy atom. The Morgan fingerprint density at radius 1 is 0.846 bits per heavy atom. The Hall–Kier alpha value is -1.08. The molecule has 1 aliphatic rings. The van der Waals surface area contributed by atoms with Gasteiger partial charge in [0.25, 0.3) is 0 Å². The summed E-state index contributed by atoms with van der Waals surface area (Å²) >= 11 is 0. The summed E-state index contributed by atoms with van der Waals surface area (Å²) in [6, 6.07) is 0. The predicted molar refractivity (Wildman–Crippen MR) is 55.5 cm³/mol. The predicted octanol–water partition coefficient (Wildman–Crippen LogP) is 1.79. The third-order valence-electron chi connectivity index (χ3n) is 0.732. The average Bonchev–Trinajstić information content (AvgIpc) is 2.66. The monoisotopic (exact) mass is 358 g/mol. The number of allylic oxidation sites excluding steroid dienone is 5. The molecule has 0 amide bonds. The second-order valence-corrected chi connectivity index (χ2v) is 1.29. The molecule has 0 aromatic heterocycles. The SMILES string of the molecule is C=C1C=CC=C1.C=O.C=O.C=O.[H-].[H-].[H-].[H-].[H-].[H-].[W]. The maximum atomic E-state index is 8.00. The van der Waals surface area contributed by atoms with E-state index in [-0.39, 0.29) is 29.6 Å². The summed E-state index contributed by atoms with van der Waals surface area (Å²) in [6.07, 6.45) is 7.89. The molecule has 0 unspecified atom stereocenters. The van der Waals surface area contributed by atoms with Gasteiger partial charge >= 0.3 is 0 Å². The normalized spacial score (nSPS) is 8.77. The van der Waals surface area contributed by atoms with Gasteiger partial charge in [-0.25, -0.2) is 0 Å². The van der Waals surface area contributed by atoms with Gasteiger partial charge in [-0.1, -0.05) is 30.9 Å². The average molecular weight is 358 g/mol. The summed E-state index contributed by atoms with van der Waals surface area (Å²) in [6.45, 7) is 9.68. The van der Waals surface area contributed by atoms with Crippen molar-refractivity contribution in [3.05, 3.63) is 36.5 Å². The van der Waals surface area contributed by atoms with Crippen molar-refractivity contribution in [2.75, 3.05) is 0 Å². The van der Waals surface area contributed by atoms with Crippen LogP contribution in [0.5, 0.6) is 0 Å². The van der Waals surface area contributed by atoms with E-state index in [1.807, 2.05) is 44.7 Å². The Balaban J connectivity index is -0.00000000718. The van der Waals surface area contributed by atoms with Crippen LogP contribution in [0.3, 0.4) is 0 Å². The molecule has 0 spiro atoms. The molecule has 0 atom stereocenters. The van der Waals surface area contributed by atoms with Crippen LogP contribution in [-0.2, 0) is 35.4 Å². The van der Waals surface area contributed by atoms with Crippen molar-refractivity contribution in [2.24, 2.45) is 0 Å². The van der Waals surface area contributed by atoms with Crippen LogP contribution in [-0.4, -0.2) is 20.4 Å². The van der Waals surface area contributed by atoms with Gasteiger partial charge in [0.05, 0.1) is 0 Å². The molecule has 3 nitrogen and oxygen atoms in total. The van der Waals surface area contributed by atoms with Crippen molar-refractivity contribution in [1.82, 2.24) is 0 Å². The van der Waals surface area contributed by atoms with E-state index in [0.29, 0.717) is 0 Å². The molecule has 0 N–H and O–H groups in total. The Bertz CT molecular complexity index is 163. The van der Waals surface area contributed by atoms with E-state index in [0.717, 1.165) is 5.57 Å². The zero-order chi connectivity index (χ0) is 10.4. The maximum absolute atomic E-state index is 8.00. The molecule has 0 aromatic rings. The quantitative estimate of drug-likeness (QED) is 0.664. The molecule has 1 aliphatic carbocycles. The van der Waals surface area contributed by atoms with E-state index in [1.54, 1.807) is 0 Å². The van der Waals surface area contributed by atoms with Crippen molar-refractivity contribution in [2.45, 2.75) is 0 Å². The summed E-state index contributed by atoms with van der Waals surface area (Å²) in [5.41, 5.74) is 1.09. The van der Waals surface area contributed by atoms with E-state index < -0.39 is 0 Å². The number of carbonyl (C=O) groups is 3. The van der Waals surface area contributed by atoms with E-state index in [2.05, 4.69) is 6.58 Å². The first-order valence-electron chi connectivity index (χ1n) is 2.80. The molecule has 0 radical (unpaired) electrons. The standard InChI is InChI=1S/C6H6.3CH2O.W.6H/c1-6-4-2-3-5-6;3*1-2;;;;;;;/h2-5H,1H2;3*1H2;;;;;;;/q;;;;;6*-1. The summed E-state index contributed by atoms with van der Waals surface area (Å²) < 4.78 is 0. The number of hydrogen-bond donors (Lipinski definition) is 0. The molecule has 0 bridgehead atoms. The van der Waals surface area contributed by atoms with Crippen LogP contribution in [0.15, 0.2) is 36.5 Å². The van der Waals surface area contributed by atoms with Crippen LogP contribution in [0, 0.1) is 0 Å². The van der Waals surface area contributed by atoms with E-state index in [9.17, 15) is 0 Å². The van der Waals surface area contributed by atoms with Gasteiger partial charge in [-0.05, 0) is 5.57 Å². The zero-order valence-electron chi connectivity index (χ0n) is 13.3. The van der Waals surface area contributed by atoms with Crippen LogP contribution in [0.4, 0.5) is 0 Å². The van der Waals surface area contributed by atoms with Gasteiger partial charge in [0.2, 0.25) is 0 Å². The minimum absolute atomic E-state index is 0. The van der Waals surface area contributed by atoms with Crippen LogP contribution >= 0.6 is 0 Å². The first-order chi connectivity index (χ1) is 5.89. The fraction of sp³-hybridized carbons (Fsp3) is 0. The van der Waals surface area contributed by atoms with Crippen LogP contribution in [0.2, 0.25) is 0 Å². The van der Waals surface area contributed by atoms with E-state index in [4.69, 9.17) is 14.4 Å². The van der Waals surface area contributed by atoms with Gasteiger partial charge in [-0.3, -0.25) is 0 Å². The van der Waals surface area contributed by atoms with Gasteiger partial charge in [0, 0.05) is 21.1 Å². The molecular weight excluding hydrogens is 340 g/mol. The summed E-state index contributed by atoms with van der Waals surface area (Å²) in [7, 11) is 0. The summed E-state index contributed by atoms with van der Waals surface area (Å²) in [5, 5.41) is 0. The minimum atomic E-state index is 0. The number of hydrogen-bond acceptors (Lipinski definition) is 3. The molecule has 0 fully saturated rings. The second kappa shape index (κ2) is 30.7. The summed E-state index contributed by atoms with van der Waals surface area (Å²) in [5.74, 6) is 0. The van der Waals surface area contributed by atoms with Crippen LogP contribution in [0.25, 0.3) is 0 Å². The molecule has 0 saturated carbocycles. The number of carbonyl (C=O) groups excluding carboxylic acids is 3. The molecular formula is C9H18O3W-6. The maximum Gasteiger partial charge on any atom is 0.106 e. The molecule has 0 saturated heterocycles. The Morgan fingerprint density at radius 3 is 1.15 bits per heavy atom. The van der Waals surface area contributed by atoms with Crippen LogP contribution < -0.4 is 0 Å². The van der Waals surface area contributed by atoms with E-state index in [1.165, 1.54) is 0 Å². The Labute approximate surface area is 101 Å². The molecule has 1 rings (SSSR count). The first-order valence-corrected chi connectivity index (χ1v) is 2.80. The van der Waals surface area contributed by atoms with Crippen molar-refractivity contribution in [1.29, 1.82) is 0 Å². The van der Waals surface area contributed by atoms with Gasteiger partial charge in [0.15, 0.2) is 0 Å². The third-order valence-corrected chi connectivity index (χ3v) is 0.732. The topological polar surface area (TPSA) is 51.2 Å². The van der Waals surface area contributed by atoms with Crippen molar-refractivity contribution < 1.29 is 44.0 Å². The minimum Gasteiger partial charge on any atom is -1.00 e. The smallest absolute Gasteiger partial charge is 0.106 e. The largest absolute Gasteiger partial charge is 1.00 e. The molecule has 0 heterocycles. The van der Waals surface area contributed by atoms with Gasteiger partial charge in [-0.2, -0.15) is 0 Å². The third kappa shape index (κ3) is 24.8.